The smallest absolute Gasteiger partial charge is 0.123 e. The molecule has 1 N–H and O–H groups in total. The lowest BCUT2D eigenvalue weighted by atomic mass is 10.1. The van der Waals surface area contributed by atoms with Crippen molar-refractivity contribution >= 4 is 0 Å². The van der Waals surface area contributed by atoms with Crippen LogP contribution in [0.5, 0.6) is 0 Å². The van der Waals surface area contributed by atoms with Crippen LogP contribution < -0.4 is 0 Å². The molecular formula is C19H19FN2O. The van der Waals surface area contributed by atoms with Crippen LogP contribution in [0.4, 0.5) is 4.39 Å². The number of aliphatic hydroxyl groups excluding tert-OH is 1. The van der Waals surface area contributed by atoms with Crippen molar-refractivity contribution in [1.29, 1.82) is 5.26 Å². The summed E-state index contributed by atoms with van der Waals surface area (Å²) < 4.78 is 13.0. The van der Waals surface area contributed by atoms with E-state index in [-0.39, 0.29) is 5.82 Å². The van der Waals surface area contributed by atoms with Crippen LogP contribution in [0.25, 0.3) is 0 Å². The molecule has 0 saturated heterocycles. The average molecular weight is 310 g/mol. The summed E-state index contributed by atoms with van der Waals surface area (Å²) in [5.41, 5.74) is 2.51. The summed E-state index contributed by atoms with van der Waals surface area (Å²) in [5, 5.41) is 19.3. The number of aliphatic hydroxyl groups is 1. The Labute approximate surface area is 135 Å². The van der Waals surface area contributed by atoms with Gasteiger partial charge in [0.15, 0.2) is 0 Å². The third-order valence-electron chi connectivity index (χ3n) is 4.19. The van der Waals surface area contributed by atoms with Crippen molar-refractivity contribution in [3.8, 4) is 6.07 Å². The van der Waals surface area contributed by atoms with Gasteiger partial charge in [-0.05, 0) is 48.2 Å². The van der Waals surface area contributed by atoms with Crippen molar-refractivity contribution < 1.29 is 9.50 Å². The van der Waals surface area contributed by atoms with E-state index in [1.807, 2.05) is 24.3 Å². The number of rotatable bonds is 6. The van der Waals surface area contributed by atoms with Crippen LogP contribution in [0.2, 0.25) is 0 Å². The normalized spacial score (nSPS) is 15.4. The fourth-order valence-electron chi connectivity index (χ4n) is 2.71. The Morgan fingerprint density at radius 1 is 1.13 bits per heavy atom. The first-order valence-electron chi connectivity index (χ1n) is 7.82. The third-order valence-corrected chi connectivity index (χ3v) is 4.19. The van der Waals surface area contributed by atoms with Gasteiger partial charge in [0.05, 0.1) is 17.7 Å². The van der Waals surface area contributed by atoms with Gasteiger partial charge in [0.2, 0.25) is 0 Å². The van der Waals surface area contributed by atoms with Gasteiger partial charge in [-0.1, -0.05) is 24.3 Å². The maximum Gasteiger partial charge on any atom is 0.123 e. The van der Waals surface area contributed by atoms with Gasteiger partial charge in [-0.25, -0.2) is 4.39 Å². The summed E-state index contributed by atoms with van der Waals surface area (Å²) >= 11 is 0. The third kappa shape index (κ3) is 4.16. The second kappa shape index (κ2) is 6.91. The van der Waals surface area contributed by atoms with Crippen LogP contribution in [0.1, 0.15) is 35.6 Å². The molecule has 0 aromatic heterocycles. The molecule has 0 aliphatic heterocycles. The van der Waals surface area contributed by atoms with Gasteiger partial charge in [-0.15, -0.1) is 0 Å². The molecule has 1 aliphatic carbocycles. The highest BCUT2D eigenvalue weighted by Crippen LogP contribution is 2.30. The molecule has 1 unspecified atom stereocenters. The van der Waals surface area contributed by atoms with Crippen LogP contribution in [0.3, 0.4) is 0 Å². The maximum absolute atomic E-state index is 13.0. The van der Waals surface area contributed by atoms with E-state index in [4.69, 9.17) is 5.26 Å². The quantitative estimate of drug-likeness (QED) is 0.889. The van der Waals surface area contributed by atoms with Crippen LogP contribution in [0, 0.1) is 17.1 Å². The van der Waals surface area contributed by atoms with E-state index in [2.05, 4.69) is 11.0 Å². The highest BCUT2D eigenvalue weighted by molar-refractivity contribution is 5.31. The SMILES string of the molecule is N#Cc1ccc(CN(CC(O)c2ccc(F)cc2)C2CC2)cc1. The summed E-state index contributed by atoms with van der Waals surface area (Å²) in [4.78, 5) is 2.26. The fourth-order valence-corrected chi connectivity index (χ4v) is 2.71. The molecule has 0 bridgehead atoms. The van der Waals surface area contributed by atoms with Gasteiger partial charge < -0.3 is 5.11 Å². The molecule has 1 aliphatic rings. The number of halogens is 1. The summed E-state index contributed by atoms with van der Waals surface area (Å²) in [6.45, 7) is 1.27. The van der Waals surface area contributed by atoms with Crippen molar-refractivity contribution in [1.82, 2.24) is 4.90 Å². The van der Waals surface area contributed by atoms with Crippen molar-refractivity contribution in [2.24, 2.45) is 0 Å². The summed E-state index contributed by atoms with van der Waals surface area (Å²) in [6.07, 6.45) is 1.66. The van der Waals surface area contributed by atoms with Gasteiger partial charge in [-0.2, -0.15) is 5.26 Å². The van der Waals surface area contributed by atoms with Gasteiger partial charge in [0, 0.05) is 19.1 Å². The molecule has 3 rings (SSSR count). The summed E-state index contributed by atoms with van der Waals surface area (Å²) in [7, 11) is 0. The highest BCUT2D eigenvalue weighted by Gasteiger charge is 2.30. The number of hydrogen-bond donors (Lipinski definition) is 1. The molecule has 0 amide bonds. The van der Waals surface area contributed by atoms with E-state index in [1.165, 1.54) is 12.1 Å². The maximum atomic E-state index is 13.0. The Bertz CT molecular complexity index is 687. The van der Waals surface area contributed by atoms with Crippen LogP contribution in [-0.4, -0.2) is 22.6 Å². The summed E-state index contributed by atoms with van der Waals surface area (Å²) in [5.74, 6) is -0.294. The summed E-state index contributed by atoms with van der Waals surface area (Å²) in [6, 6.07) is 16.2. The second-order valence-corrected chi connectivity index (χ2v) is 6.04. The molecule has 118 valence electrons. The lowest BCUT2D eigenvalue weighted by Crippen LogP contribution is -2.30. The molecule has 1 fully saturated rings. The van der Waals surface area contributed by atoms with Crippen molar-refractivity contribution in [3.05, 3.63) is 71.0 Å². The topological polar surface area (TPSA) is 47.3 Å². The first kappa shape index (κ1) is 15.7. The molecule has 0 spiro atoms. The Balaban J connectivity index is 1.66. The van der Waals surface area contributed by atoms with E-state index >= 15 is 0 Å². The second-order valence-electron chi connectivity index (χ2n) is 6.04. The molecule has 0 radical (unpaired) electrons. The molecule has 3 nitrogen and oxygen atoms in total. The van der Waals surface area contributed by atoms with Gasteiger partial charge in [0.1, 0.15) is 5.82 Å². The Hall–Kier alpha value is -2.22. The molecule has 0 heterocycles. The number of nitriles is 1. The number of hydrogen-bond acceptors (Lipinski definition) is 3. The Morgan fingerprint density at radius 2 is 1.78 bits per heavy atom. The minimum atomic E-state index is -0.630. The average Bonchev–Trinajstić information content (AvgIpc) is 3.40. The first-order chi connectivity index (χ1) is 11.2. The Kier molecular flexibility index (Phi) is 4.71. The predicted octanol–water partition coefficient (Wildman–Crippen LogP) is 3.40. The van der Waals surface area contributed by atoms with Crippen LogP contribution >= 0.6 is 0 Å². The zero-order valence-corrected chi connectivity index (χ0v) is 12.8. The monoisotopic (exact) mass is 310 g/mol. The molecule has 1 saturated carbocycles. The standard InChI is InChI=1S/C19H19FN2O/c20-17-7-5-16(6-8-17)19(23)13-22(18-9-10-18)12-15-3-1-14(11-21)2-4-15/h1-8,18-19,23H,9-10,12-13H2. The first-order valence-corrected chi connectivity index (χ1v) is 7.82. The van der Waals surface area contributed by atoms with E-state index in [9.17, 15) is 9.50 Å². The number of benzene rings is 2. The fraction of sp³-hybridized carbons (Fsp3) is 0.316. The lowest BCUT2D eigenvalue weighted by molar-refractivity contribution is 0.104. The number of nitrogens with zero attached hydrogens (tertiary/aromatic N) is 2. The minimum absolute atomic E-state index is 0.294. The van der Waals surface area contributed by atoms with Crippen molar-refractivity contribution in [2.75, 3.05) is 6.54 Å². The molecule has 2 aromatic carbocycles. The minimum Gasteiger partial charge on any atom is -0.387 e. The zero-order valence-electron chi connectivity index (χ0n) is 12.8. The van der Waals surface area contributed by atoms with Crippen LogP contribution in [0.15, 0.2) is 48.5 Å². The van der Waals surface area contributed by atoms with E-state index in [0.717, 1.165) is 30.5 Å². The predicted molar refractivity (Wildman–Crippen MR) is 85.9 cm³/mol. The van der Waals surface area contributed by atoms with E-state index in [1.54, 1.807) is 12.1 Å². The molecular weight excluding hydrogens is 291 g/mol. The van der Waals surface area contributed by atoms with Gasteiger partial charge >= 0.3 is 0 Å². The largest absolute Gasteiger partial charge is 0.387 e. The molecule has 2 aromatic rings. The van der Waals surface area contributed by atoms with E-state index < -0.39 is 6.10 Å². The van der Waals surface area contributed by atoms with Gasteiger partial charge in [-0.3, -0.25) is 4.90 Å². The molecule has 4 heteroatoms. The zero-order chi connectivity index (χ0) is 16.2. The van der Waals surface area contributed by atoms with Crippen LogP contribution in [-0.2, 0) is 6.54 Å². The van der Waals surface area contributed by atoms with E-state index in [0.29, 0.717) is 18.2 Å². The van der Waals surface area contributed by atoms with Gasteiger partial charge in [0.25, 0.3) is 0 Å². The van der Waals surface area contributed by atoms with Crippen molar-refractivity contribution in [2.45, 2.75) is 31.5 Å². The van der Waals surface area contributed by atoms with Crippen molar-refractivity contribution in [3.63, 3.8) is 0 Å². The highest BCUT2D eigenvalue weighted by atomic mass is 19.1. The molecule has 1 atom stereocenters. The molecule has 23 heavy (non-hydrogen) atoms. The lowest BCUT2D eigenvalue weighted by Gasteiger charge is -2.25. The Morgan fingerprint density at radius 3 is 2.35 bits per heavy atom.